The van der Waals surface area contributed by atoms with Gasteiger partial charge in [-0.25, -0.2) is 9.50 Å². The van der Waals surface area contributed by atoms with Crippen LogP contribution in [0.4, 0.5) is 0 Å². The zero-order valence-electron chi connectivity index (χ0n) is 15.8. The molecule has 1 aromatic carbocycles. The Bertz CT molecular complexity index is 948. The van der Waals surface area contributed by atoms with Gasteiger partial charge in [-0.2, -0.15) is 5.10 Å². The molecule has 1 atom stereocenters. The SMILES string of the molecule is COc1ccc(CC(=O)N2CCC[C@@H](c3ccnc4cc(C)nn34)C2)cc1. The first kappa shape index (κ1) is 17.5. The molecule has 6 heteroatoms. The molecule has 4 rings (SSSR count). The van der Waals surface area contributed by atoms with Gasteiger partial charge in [0, 0.05) is 31.3 Å². The van der Waals surface area contributed by atoms with E-state index >= 15 is 0 Å². The summed E-state index contributed by atoms with van der Waals surface area (Å²) < 4.78 is 7.11. The summed E-state index contributed by atoms with van der Waals surface area (Å²) in [6.07, 6.45) is 4.32. The highest BCUT2D eigenvalue weighted by Crippen LogP contribution is 2.27. The van der Waals surface area contributed by atoms with E-state index in [2.05, 4.69) is 10.1 Å². The number of hydrogen-bond donors (Lipinski definition) is 0. The second-order valence-corrected chi connectivity index (χ2v) is 7.13. The largest absolute Gasteiger partial charge is 0.497 e. The summed E-state index contributed by atoms with van der Waals surface area (Å²) in [6, 6.07) is 11.7. The van der Waals surface area contributed by atoms with Gasteiger partial charge in [-0.05, 0) is 43.5 Å². The van der Waals surface area contributed by atoms with Crippen molar-refractivity contribution in [2.24, 2.45) is 0 Å². The first-order valence-corrected chi connectivity index (χ1v) is 9.36. The topological polar surface area (TPSA) is 59.7 Å². The van der Waals surface area contributed by atoms with Crippen LogP contribution in [0.1, 0.15) is 35.7 Å². The summed E-state index contributed by atoms with van der Waals surface area (Å²) in [7, 11) is 1.64. The molecule has 1 aliphatic rings. The lowest BCUT2D eigenvalue weighted by molar-refractivity contribution is -0.131. The average Bonchev–Trinajstić information content (AvgIpc) is 3.08. The van der Waals surface area contributed by atoms with Gasteiger partial charge in [0.2, 0.25) is 5.91 Å². The molecule has 1 saturated heterocycles. The molecule has 140 valence electrons. The van der Waals surface area contributed by atoms with E-state index in [-0.39, 0.29) is 11.8 Å². The fraction of sp³-hybridized carbons (Fsp3) is 0.381. The van der Waals surface area contributed by atoms with Crippen LogP contribution in [-0.2, 0) is 11.2 Å². The summed E-state index contributed by atoms with van der Waals surface area (Å²) in [6.45, 7) is 3.52. The number of rotatable bonds is 4. The molecule has 27 heavy (non-hydrogen) atoms. The van der Waals surface area contributed by atoms with E-state index in [4.69, 9.17) is 4.74 Å². The lowest BCUT2D eigenvalue weighted by Crippen LogP contribution is -2.40. The van der Waals surface area contributed by atoms with Gasteiger partial charge >= 0.3 is 0 Å². The molecule has 0 N–H and O–H groups in total. The number of ether oxygens (including phenoxy) is 1. The first-order chi connectivity index (χ1) is 13.1. The molecule has 1 fully saturated rings. The molecule has 0 bridgehead atoms. The highest BCUT2D eigenvalue weighted by atomic mass is 16.5. The van der Waals surface area contributed by atoms with Crippen molar-refractivity contribution >= 4 is 11.6 Å². The van der Waals surface area contributed by atoms with Crippen molar-refractivity contribution in [1.82, 2.24) is 19.5 Å². The van der Waals surface area contributed by atoms with Gasteiger partial charge in [0.25, 0.3) is 0 Å². The highest BCUT2D eigenvalue weighted by Gasteiger charge is 2.26. The summed E-state index contributed by atoms with van der Waals surface area (Å²) in [5.41, 5.74) is 3.97. The van der Waals surface area contributed by atoms with Gasteiger partial charge in [-0.3, -0.25) is 4.79 Å². The van der Waals surface area contributed by atoms with Crippen molar-refractivity contribution in [3.63, 3.8) is 0 Å². The van der Waals surface area contributed by atoms with Crippen LogP contribution >= 0.6 is 0 Å². The molecule has 3 heterocycles. The minimum absolute atomic E-state index is 0.173. The Hall–Kier alpha value is -2.89. The highest BCUT2D eigenvalue weighted by molar-refractivity contribution is 5.79. The lowest BCUT2D eigenvalue weighted by atomic mass is 9.94. The van der Waals surface area contributed by atoms with Crippen molar-refractivity contribution in [2.45, 2.75) is 32.1 Å². The maximum Gasteiger partial charge on any atom is 0.227 e. The van der Waals surface area contributed by atoms with Gasteiger partial charge in [0.05, 0.1) is 24.9 Å². The third-order valence-electron chi connectivity index (χ3n) is 5.22. The Morgan fingerprint density at radius 2 is 2.07 bits per heavy atom. The summed E-state index contributed by atoms with van der Waals surface area (Å²) in [5.74, 6) is 1.26. The number of aromatic nitrogens is 3. The number of carbonyl (C=O) groups is 1. The fourth-order valence-electron chi connectivity index (χ4n) is 3.81. The molecule has 6 nitrogen and oxygen atoms in total. The molecule has 3 aromatic rings. The normalized spacial score (nSPS) is 17.3. The fourth-order valence-corrected chi connectivity index (χ4v) is 3.81. The Morgan fingerprint density at radius 1 is 1.26 bits per heavy atom. The summed E-state index contributed by atoms with van der Waals surface area (Å²) in [4.78, 5) is 19.2. The van der Waals surface area contributed by atoms with E-state index in [1.165, 1.54) is 0 Å². The van der Waals surface area contributed by atoms with Crippen molar-refractivity contribution in [3.05, 3.63) is 59.5 Å². The second kappa shape index (κ2) is 7.39. The second-order valence-electron chi connectivity index (χ2n) is 7.13. The van der Waals surface area contributed by atoms with E-state index in [0.29, 0.717) is 6.42 Å². The third-order valence-corrected chi connectivity index (χ3v) is 5.22. The molecule has 0 saturated carbocycles. The molecule has 0 spiro atoms. The van der Waals surface area contributed by atoms with Crippen LogP contribution < -0.4 is 4.74 Å². The maximum atomic E-state index is 12.8. The van der Waals surface area contributed by atoms with Crippen LogP contribution in [0.5, 0.6) is 5.75 Å². The van der Waals surface area contributed by atoms with Crippen LogP contribution in [0.25, 0.3) is 5.65 Å². The van der Waals surface area contributed by atoms with Crippen molar-refractivity contribution < 1.29 is 9.53 Å². The quantitative estimate of drug-likeness (QED) is 0.714. The zero-order chi connectivity index (χ0) is 18.8. The van der Waals surface area contributed by atoms with Gasteiger partial charge < -0.3 is 9.64 Å². The number of fused-ring (bicyclic) bond motifs is 1. The average molecular weight is 364 g/mol. The number of amides is 1. The lowest BCUT2D eigenvalue weighted by Gasteiger charge is -2.33. The van der Waals surface area contributed by atoms with Crippen LogP contribution in [0.2, 0.25) is 0 Å². The number of aryl methyl sites for hydroxylation is 1. The Morgan fingerprint density at radius 3 is 2.85 bits per heavy atom. The zero-order valence-corrected chi connectivity index (χ0v) is 15.8. The molecule has 0 unspecified atom stereocenters. The Labute approximate surface area is 158 Å². The van der Waals surface area contributed by atoms with Crippen molar-refractivity contribution in [2.75, 3.05) is 20.2 Å². The molecular formula is C21H24N4O2. The number of nitrogens with zero attached hydrogens (tertiary/aromatic N) is 4. The van der Waals surface area contributed by atoms with E-state index in [1.807, 2.05) is 58.9 Å². The maximum absolute atomic E-state index is 12.8. The van der Waals surface area contributed by atoms with E-state index in [0.717, 1.165) is 54.3 Å². The number of carbonyl (C=O) groups excluding carboxylic acids is 1. The molecule has 1 aliphatic heterocycles. The molecule has 0 radical (unpaired) electrons. The van der Waals surface area contributed by atoms with Crippen LogP contribution in [-0.4, -0.2) is 45.6 Å². The van der Waals surface area contributed by atoms with Crippen molar-refractivity contribution in [1.29, 1.82) is 0 Å². The monoisotopic (exact) mass is 364 g/mol. The third kappa shape index (κ3) is 3.65. The molecule has 1 amide bonds. The number of likely N-dealkylation sites (tertiary alicyclic amines) is 1. The molecular weight excluding hydrogens is 340 g/mol. The number of methoxy groups -OCH3 is 1. The van der Waals surface area contributed by atoms with Crippen molar-refractivity contribution in [3.8, 4) is 5.75 Å². The van der Waals surface area contributed by atoms with E-state index in [1.54, 1.807) is 7.11 Å². The molecule has 2 aromatic heterocycles. The molecule has 0 aliphatic carbocycles. The van der Waals surface area contributed by atoms with Gasteiger partial charge in [-0.1, -0.05) is 12.1 Å². The van der Waals surface area contributed by atoms with Crippen LogP contribution in [0, 0.1) is 6.92 Å². The minimum atomic E-state index is 0.173. The first-order valence-electron chi connectivity index (χ1n) is 9.36. The van der Waals surface area contributed by atoms with Crippen LogP contribution in [0.3, 0.4) is 0 Å². The predicted octanol–water partition coefficient (Wildman–Crippen LogP) is 3.00. The van der Waals surface area contributed by atoms with Gasteiger partial charge in [0.15, 0.2) is 5.65 Å². The smallest absolute Gasteiger partial charge is 0.227 e. The van der Waals surface area contributed by atoms with E-state index < -0.39 is 0 Å². The number of hydrogen-bond acceptors (Lipinski definition) is 4. The standard InChI is InChI=1S/C21H24N4O2/c1-15-12-20-22-10-9-19(25(20)23-15)17-4-3-11-24(14-17)21(26)13-16-5-7-18(27-2)8-6-16/h5-10,12,17H,3-4,11,13-14H2,1-2H3/t17-/m1/s1. The van der Waals surface area contributed by atoms with Gasteiger partial charge in [-0.15, -0.1) is 0 Å². The minimum Gasteiger partial charge on any atom is -0.497 e. The Balaban J connectivity index is 1.49. The predicted molar refractivity (Wildman–Crippen MR) is 103 cm³/mol. The Kier molecular flexibility index (Phi) is 4.79. The number of benzene rings is 1. The van der Waals surface area contributed by atoms with Gasteiger partial charge in [0.1, 0.15) is 5.75 Å². The summed E-state index contributed by atoms with van der Waals surface area (Å²) >= 11 is 0. The van der Waals surface area contributed by atoms with Crippen LogP contribution in [0.15, 0.2) is 42.6 Å². The van der Waals surface area contributed by atoms with E-state index in [9.17, 15) is 4.79 Å². The summed E-state index contributed by atoms with van der Waals surface area (Å²) in [5, 5.41) is 4.58. The number of piperidine rings is 1.